The van der Waals surface area contributed by atoms with Crippen molar-refractivity contribution in [3.8, 4) is 5.75 Å². The van der Waals surface area contributed by atoms with Crippen LogP contribution in [0.2, 0.25) is 0 Å². The summed E-state index contributed by atoms with van der Waals surface area (Å²) < 4.78 is 5.37. The minimum Gasteiger partial charge on any atom is -0.496 e. The fraction of sp³-hybridized carbons (Fsp3) is 0.316. The van der Waals surface area contributed by atoms with Gasteiger partial charge in [-0.05, 0) is 29.5 Å². The van der Waals surface area contributed by atoms with E-state index in [1.54, 1.807) is 7.11 Å². The lowest BCUT2D eigenvalue weighted by atomic mass is 10.1. The molecule has 120 valence electrons. The number of ether oxygens (including phenoxy) is 1. The maximum atomic E-state index is 12.5. The summed E-state index contributed by atoms with van der Waals surface area (Å²) in [6, 6.07) is 17.0. The quantitative estimate of drug-likeness (QED) is 0.862. The molecule has 0 saturated heterocycles. The molecule has 2 aromatic carbocycles. The Labute approximate surface area is 136 Å². The Kier molecular flexibility index (Phi) is 4.63. The maximum absolute atomic E-state index is 12.5. The van der Waals surface area contributed by atoms with Crippen molar-refractivity contribution in [2.24, 2.45) is 5.92 Å². The van der Waals surface area contributed by atoms with Crippen LogP contribution in [0.3, 0.4) is 0 Å². The standard InChI is InChI=1S/C19H21NO3/c1-23-18-10-6-5-9-14(18)15-11-16(15)19(22)20-17(12-21)13-7-3-2-4-8-13/h2-10,15-17,21H,11-12H2,1H3,(H,20,22). The molecule has 0 bridgehead atoms. The summed E-state index contributed by atoms with van der Waals surface area (Å²) in [5.41, 5.74) is 1.99. The highest BCUT2D eigenvalue weighted by Gasteiger charge is 2.45. The van der Waals surface area contributed by atoms with Gasteiger partial charge in [-0.1, -0.05) is 48.5 Å². The molecule has 1 saturated carbocycles. The topological polar surface area (TPSA) is 58.6 Å². The van der Waals surface area contributed by atoms with E-state index >= 15 is 0 Å². The SMILES string of the molecule is COc1ccccc1C1CC1C(=O)NC(CO)c1ccccc1. The molecule has 0 heterocycles. The highest BCUT2D eigenvalue weighted by Crippen LogP contribution is 2.50. The minimum atomic E-state index is -0.359. The molecule has 23 heavy (non-hydrogen) atoms. The van der Waals surface area contributed by atoms with Gasteiger partial charge in [-0.25, -0.2) is 0 Å². The van der Waals surface area contributed by atoms with Gasteiger partial charge in [-0.2, -0.15) is 0 Å². The van der Waals surface area contributed by atoms with Gasteiger partial charge in [0.1, 0.15) is 5.75 Å². The van der Waals surface area contributed by atoms with Crippen molar-refractivity contribution in [3.63, 3.8) is 0 Å². The molecular weight excluding hydrogens is 290 g/mol. The Morgan fingerprint density at radius 3 is 2.61 bits per heavy atom. The Balaban J connectivity index is 1.66. The van der Waals surface area contributed by atoms with E-state index in [0.717, 1.165) is 23.3 Å². The summed E-state index contributed by atoms with van der Waals surface area (Å²) in [5.74, 6) is 0.962. The zero-order valence-corrected chi connectivity index (χ0v) is 13.1. The van der Waals surface area contributed by atoms with Crippen molar-refractivity contribution in [2.75, 3.05) is 13.7 Å². The first-order valence-electron chi connectivity index (χ1n) is 7.83. The smallest absolute Gasteiger partial charge is 0.224 e. The van der Waals surface area contributed by atoms with Gasteiger partial charge in [-0.3, -0.25) is 4.79 Å². The van der Waals surface area contributed by atoms with Crippen molar-refractivity contribution in [1.29, 1.82) is 0 Å². The zero-order valence-electron chi connectivity index (χ0n) is 13.1. The van der Waals surface area contributed by atoms with Crippen LogP contribution in [0.5, 0.6) is 5.75 Å². The number of aliphatic hydroxyl groups is 1. The fourth-order valence-electron chi connectivity index (χ4n) is 3.00. The van der Waals surface area contributed by atoms with E-state index in [9.17, 15) is 9.90 Å². The molecule has 3 atom stereocenters. The predicted octanol–water partition coefficient (Wildman–Crippen LogP) is 2.65. The second-order valence-corrected chi connectivity index (χ2v) is 5.85. The van der Waals surface area contributed by atoms with Crippen LogP contribution in [-0.2, 0) is 4.79 Å². The maximum Gasteiger partial charge on any atom is 0.224 e. The molecule has 3 rings (SSSR count). The number of hydrogen-bond donors (Lipinski definition) is 2. The molecule has 1 aliphatic carbocycles. The first kappa shape index (κ1) is 15.6. The number of hydrogen-bond acceptors (Lipinski definition) is 3. The highest BCUT2D eigenvalue weighted by molar-refractivity contribution is 5.83. The summed E-state index contributed by atoms with van der Waals surface area (Å²) in [6.07, 6.45) is 0.819. The number of carbonyl (C=O) groups excluding carboxylic acids is 1. The predicted molar refractivity (Wildman–Crippen MR) is 88.3 cm³/mol. The number of amides is 1. The van der Waals surface area contributed by atoms with Crippen molar-refractivity contribution in [2.45, 2.75) is 18.4 Å². The number of benzene rings is 2. The Morgan fingerprint density at radius 2 is 1.91 bits per heavy atom. The third-order valence-electron chi connectivity index (χ3n) is 4.37. The first-order valence-corrected chi connectivity index (χ1v) is 7.83. The fourth-order valence-corrected chi connectivity index (χ4v) is 3.00. The number of rotatable bonds is 6. The van der Waals surface area contributed by atoms with Crippen LogP contribution in [0.25, 0.3) is 0 Å². The second-order valence-electron chi connectivity index (χ2n) is 5.85. The van der Waals surface area contributed by atoms with E-state index in [4.69, 9.17) is 4.74 Å². The monoisotopic (exact) mass is 311 g/mol. The van der Waals surface area contributed by atoms with Crippen molar-refractivity contribution in [3.05, 3.63) is 65.7 Å². The third-order valence-corrected chi connectivity index (χ3v) is 4.37. The summed E-state index contributed by atoms with van der Waals surface area (Å²) in [5, 5.41) is 12.5. The van der Waals surface area contributed by atoms with E-state index < -0.39 is 0 Å². The molecule has 1 amide bonds. The number of carbonyl (C=O) groups is 1. The van der Waals surface area contributed by atoms with Gasteiger partial charge in [0.15, 0.2) is 0 Å². The van der Waals surface area contributed by atoms with Crippen LogP contribution < -0.4 is 10.1 Å². The van der Waals surface area contributed by atoms with Gasteiger partial charge < -0.3 is 15.2 Å². The van der Waals surface area contributed by atoms with Crippen LogP contribution in [0, 0.1) is 5.92 Å². The molecule has 3 unspecified atom stereocenters. The summed E-state index contributed by atoms with van der Waals surface area (Å²) in [6.45, 7) is -0.109. The third kappa shape index (κ3) is 3.37. The molecule has 4 nitrogen and oxygen atoms in total. The van der Waals surface area contributed by atoms with Crippen LogP contribution in [0.4, 0.5) is 0 Å². The second kappa shape index (κ2) is 6.84. The number of nitrogens with one attached hydrogen (secondary N) is 1. The molecule has 4 heteroatoms. The largest absolute Gasteiger partial charge is 0.496 e. The van der Waals surface area contributed by atoms with Crippen LogP contribution in [0.1, 0.15) is 29.5 Å². The van der Waals surface area contributed by atoms with Gasteiger partial charge >= 0.3 is 0 Å². The van der Waals surface area contributed by atoms with Crippen LogP contribution >= 0.6 is 0 Å². The lowest BCUT2D eigenvalue weighted by Gasteiger charge is -2.17. The van der Waals surface area contributed by atoms with E-state index in [-0.39, 0.29) is 30.4 Å². The average molecular weight is 311 g/mol. The zero-order chi connectivity index (χ0) is 16.2. The molecular formula is C19H21NO3. The number of aliphatic hydroxyl groups excluding tert-OH is 1. The van der Waals surface area contributed by atoms with Crippen LogP contribution in [0.15, 0.2) is 54.6 Å². The van der Waals surface area contributed by atoms with E-state index in [1.807, 2.05) is 54.6 Å². The molecule has 0 aromatic heterocycles. The van der Waals surface area contributed by atoms with E-state index in [0.29, 0.717) is 0 Å². The molecule has 0 radical (unpaired) electrons. The molecule has 1 aliphatic rings. The Bertz CT molecular complexity index is 671. The van der Waals surface area contributed by atoms with Crippen molar-refractivity contribution < 1.29 is 14.6 Å². The van der Waals surface area contributed by atoms with E-state index in [2.05, 4.69) is 5.32 Å². The molecule has 2 aromatic rings. The summed E-state index contributed by atoms with van der Waals surface area (Å²) in [4.78, 5) is 12.5. The summed E-state index contributed by atoms with van der Waals surface area (Å²) in [7, 11) is 1.65. The Morgan fingerprint density at radius 1 is 1.22 bits per heavy atom. The molecule has 0 spiro atoms. The summed E-state index contributed by atoms with van der Waals surface area (Å²) >= 11 is 0. The number of para-hydroxylation sites is 1. The van der Waals surface area contributed by atoms with Gasteiger partial charge in [0, 0.05) is 5.92 Å². The number of methoxy groups -OCH3 is 1. The lowest BCUT2D eigenvalue weighted by molar-refractivity contribution is -0.123. The first-order chi connectivity index (χ1) is 11.2. The van der Waals surface area contributed by atoms with Crippen LogP contribution in [-0.4, -0.2) is 24.7 Å². The van der Waals surface area contributed by atoms with Gasteiger partial charge in [0.2, 0.25) is 5.91 Å². The molecule has 0 aliphatic heterocycles. The molecule has 2 N–H and O–H groups in total. The minimum absolute atomic E-state index is 0.0104. The highest BCUT2D eigenvalue weighted by atomic mass is 16.5. The normalized spacial score (nSPS) is 20.6. The lowest BCUT2D eigenvalue weighted by Crippen LogP contribution is -2.32. The van der Waals surface area contributed by atoms with Gasteiger partial charge in [-0.15, -0.1) is 0 Å². The van der Waals surface area contributed by atoms with E-state index in [1.165, 1.54) is 0 Å². The molecule has 1 fully saturated rings. The van der Waals surface area contributed by atoms with Crippen molar-refractivity contribution >= 4 is 5.91 Å². The average Bonchev–Trinajstić information content (AvgIpc) is 3.41. The Hall–Kier alpha value is -2.33. The van der Waals surface area contributed by atoms with Crippen molar-refractivity contribution in [1.82, 2.24) is 5.32 Å². The van der Waals surface area contributed by atoms with Gasteiger partial charge in [0.25, 0.3) is 0 Å². The van der Waals surface area contributed by atoms with Gasteiger partial charge in [0.05, 0.1) is 19.8 Å².